The lowest BCUT2D eigenvalue weighted by Crippen LogP contribution is -1.75. The van der Waals surface area contributed by atoms with Gasteiger partial charge >= 0.3 is 0 Å². The molecule has 0 amide bonds. The van der Waals surface area contributed by atoms with Crippen molar-refractivity contribution in [1.29, 1.82) is 0 Å². The van der Waals surface area contributed by atoms with Crippen molar-refractivity contribution in [2.75, 3.05) is 0 Å². The molecule has 0 aliphatic heterocycles. The summed E-state index contributed by atoms with van der Waals surface area (Å²) in [6.45, 7) is 3.46. The molecule has 1 aromatic carbocycles. The lowest BCUT2D eigenvalue weighted by molar-refractivity contribution is 0.368. The fourth-order valence-electron chi connectivity index (χ4n) is 0.858. The Kier molecular flexibility index (Phi) is 2.24. The van der Waals surface area contributed by atoms with Crippen LogP contribution in [0, 0.1) is 6.92 Å². The van der Waals surface area contributed by atoms with Gasteiger partial charge in [-0.25, -0.2) is 0 Å². The average Bonchev–Trinajstić information content (AvgIpc) is 2.01. The lowest BCUT2D eigenvalue weighted by atomic mass is 10.2. The van der Waals surface area contributed by atoms with E-state index in [1.807, 2.05) is 0 Å². The van der Waals surface area contributed by atoms with Gasteiger partial charge < -0.3 is 15.3 Å². The maximum atomic E-state index is 9.04. The molecule has 3 N–H and O–H groups in total. The van der Waals surface area contributed by atoms with Gasteiger partial charge in [0, 0.05) is 0 Å². The minimum absolute atomic E-state index is 0.344. The third kappa shape index (κ3) is 1.50. The predicted octanol–water partition coefficient (Wildman–Crippen LogP) is 1.65. The smallest absolute Gasteiger partial charge is 0.200 e. The first-order valence-corrected chi connectivity index (χ1v) is 3.36. The predicted molar refractivity (Wildman–Crippen MR) is 45.8 cm³/mol. The summed E-state index contributed by atoms with van der Waals surface area (Å²) >= 11 is 0. The Hall–Kier alpha value is -1.64. The highest BCUT2D eigenvalue weighted by molar-refractivity contribution is 5.60. The first-order valence-electron chi connectivity index (χ1n) is 3.36. The van der Waals surface area contributed by atoms with Crippen LogP contribution in [0.3, 0.4) is 0 Å². The van der Waals surface area contributed by atoms with Crippen LogP contribution >= 0.6 is 0 Å². The molecular formula is C9H9O3. The monoisotopic (exact) mass is 165 g/mol. The zero-order valence-corrected chi connectivity index (χ0v) is 6.36. The van der Waals surface area contributed by atoms with Crippen LogP contribution in [0.4, 0.5) is 0 Å². The van der Waals surface area contributed by atoms with Gasteiger partial charge in [-0.2, -0.15) is 0 Å². The highest BCUT2D eigenvalue weighted by Gasteiger charge is 2.05. The number of benzene rings is 1. The van der Waals surface area contributed by atoms with E-state index in [1.165, 1.54) is 18.2 Å². The zero-order chi connectivity index (χ0) is 9.14. The second-order valence-corrected chi connectivity index (χ2v) is 2.31. The first kappa shape index (κ1) is 8.46. The molecular weight excluding hydrogens is 156 g/mol. The molecule has 0 fully saturated rings. The summed E-state index contributed by atoms with van der Waals surface area (Å²) < 4.78 is 0. The van der Waals surface area contributed by atoms with Crippen LogP contribution < -0.4 is 0 Å². The van der Waals surface area contributed by atoms with Crippen molar-refractivity contribution in [2.45, 2.75) is 0 Å². The van der Waals surface area contributed by atoms with Crippen LogP contribution in [0.2, 0.25) is 0 Å². The van der Waals surface area contributed by atoms with E-state index in [-0.39, 0.29) is 11.5 Å². The van der Waals surface area contributed by atoms with E-state index in [1.54, 1.807) is 6.08 Å². The molecule has 0 aliphatic rings. The molecule has 0 aromatic heterocycles. The molecule has 0 atom stereocenters. The zero-order valence-electron chi connectivity index (χ0n) is 6.36. The van der Waals surface area contributed by atoms with E-state index < -0.39 is 5.75 Å². The van der Waals surface area contributed by atoms with Gasteiger partial charge in [0.15, 0.2) is 17.2 Å². The Morgan fingerprint density at radius 3 is 2.00 bits per heavy atom. The number of allylic oxidation sites excluding steroid dienone is 1. The molecule has 12 heavy (non-hydrogen) atoms. The van der Waals surface area contributed by atoms with Crippen LogP contribution in [-0.4, -0.2) is 15.3 Å². The Labute approximate surface area is 70.2 Å². The standard InChI is InChI=1S/C9H9O3/c1-2-3-6-4-7(10)9(12)8(11)5-6/h2-5,10-12H,1H2/b3-2+. The summed E-state index contributed by atoms with van der Waals surface area (Å²) in [6, 6.07) is 2.66. The third-order valence-corrected chi connectivity index (χ3v) is 1.40. The number of hydrogen-bond donors (Lipinski definition) is 3. The van der Waals surface area contributed by atoms with E-state index in [2.05, 4.69) is 6.92 Å². The molecule has 1 rings (SSSR count). The molecule has 0 unspecified atom stereocenters. The van der Waals surface area contributed by atoms with Crippen LogP contribution in [0.1, 0.15) is 5.56 Å². The van der Waals surface area contributed by atoms with Crippen molar-refractivity contribution in [3.8, 4) is 17.2 Å². The minimum Gasteiger partial charge on any atom is -0.504 e. The summed E-state index contributed by atoms with van der Waals surface area (Å²) in [6.07, 6.45) is 3.12. The van der Waals surface area contributed by atoms with Gasteiger partial charge in [-0.15, -0.1) is 0 Å². The van der Waals surface area contributed by atoms with E-state index in [4.69, 9.17) is 15.3 Å². The second-order valence-electron chi connectivity index (χ2n) is 2.31. The Bertz CT molecular complexity index is 293. The Balaban J connectivity index is 3.21. The summed E-state index contributed by atoms with van der Waals surface area (Å²) in [4.78, 5) is 0. The quantitative estimate of drug-likeness (QED) is 0.554. The SMILES string of the molecule is [CH2]/C=C/c1cc(O)c(O)c(O)c1. The lowest BCUT2D eigenvalue weighted by Gasteiger charge is -2.01. The molecule has 0 spiro atoms. The van der Waals surface area contributed by atoms with Crippen molar-refractivity contribution in [1.82, 2.24) is 0 Å². The van der Waals surface area contributed by atoms with E-state index >= 15 is 0 Å². The molecule has 3 nitrogen and oxygen atoms in total. The molecule has 1 aromatic rings. The molecule has 0 saturated heterocycles. The van der Waals surface area contributed by atoms with Crippen LogP contribution in [0.15, 0.2) is 18.2 Å². The highest BCUT2D eigenvalue weighted by Crippen LogP contribution is 2.35. The van der Waals surface area contributed by atoms with Gasteiger partial charge in [-0.1, -0.05) is 12.2 Å². The maximum Gasteiger partial charge on any atom is 0.200 e. The van der Waals surface area contributed by atoms with Gasteiger partial charge in [-0.05, 0) is 24.6 Å². The van der Waals surface area contributed by atoms with Gasteiger partial charge in [0.25, 0.3) is 0 Å². The van der Waals surface area contributed by atoms with Crippen molar-refractivity contribution >= 4 is 6.08 Å². The Morgan fingerprint density at radius 1 is 1.08 bits per heavy atom. The normalized spacial score (nSPS) is 10.8. The van der Waals surface area contributed by atoms with Gasteiger partial charge in [0.2, 0.25) is 0 Å². The molecule has 1 radical (unpaired) electrons. The first-order chi connectivity index (χ1) is 5.65. The fraction of sp³-hybridized carbons (Fsp3) is 0. The molecule has 0 bridgehead atoms. The molecule has 63 valence electrons. The van der Waals surface area contributed by atoms with Crippen molar-refractivity contribution in [3.63, 3.8) is 0 Å². The molecule has 3 heteroatoms. The minimum atomic E-state index is -0.504. The van der Waals surface area contributed by atoms with Gasteiger partial charge in [0.1, 0.15) is 0 Å². The molecule has 0 saturated carbocycles. The van der Waals surface area contributed by atoms with E-state index in [0.29, 0.717) is 5.56 Å². The summed E-state index contributed by atoms with van der Waals surface area (Å²) in [5, 5.41) is 27.0. The number of hydrogen-bond acceptors (Lipinski definition) is 3. The molecule has 0 heterocycles. The number of rotatable bonds is 1. The maximum absolute atomic E-state index is 9.04. The summed E-state index contributed by atoms with van der Waals surface area (Å²) in [5.41, 5.74) is 0.581. The topological polar surface area (TPSA) is 60.7 Å². The second kappa shape index (κ2) is 3.17. The summed E-state index contributed by atoms with van der Waals surface area (Å²) in [5.74, 6) is -1.19. The van der Waals surface area contributed by atoms with Crippen molar-refractivity contribution in [3.05, 3.63) is 30.7 Å². The van der Waals surface area contributed by atoms with Gasteiger partial charge in [-0.3, -0.25) is 0 Å². The molecule has 0 aliphatic carbocycles. The van der Waals surface area contributed by atoms with Gasteiger partial charge in [0.05, 0.1) is 0 Å². The van der Waals surface area contributed by atoms with Crippen LogP contribution in [0.25, 0.3) is 6.08 Å². The van der Waals surface area contributed by atoms with Crippen molar-refractivity contribution < 1.29 is 15.3 Å². The number of aromatic hydroxyl groups is 3. The van der Waals surface area contributed by atoms with Crippen molar-refractivity contribution in [2.24, 2.45) is 0 Å². The van der Waals surface area contributed by atoms with E-state index in [0.717, 1.165) is 0 Å². The van der Waals surface area contributed by atoms with E-state index in [9.17, 15) is 0 Å². The largest absolute Gasteiger partial charge is 0.504 e. The highest BCUT2D eigenvalue weighted by atomic mass is 16.3. The average molecular weight is 165 g/mol. The number of phenolic OH excluding ortho intramolecular Hbond substituents is 3. The van der Waals surface area contributed by atoms with Crippen LogP contribution in [-0.2, 0) is 0 Å². The summed E-state index contributed by atoms with van der Waals surface area (Å²) in [7, 11) is 0. The third-order valence-electron chi connectivity index (χ3n) is 1.40. The van der Waals surface area contributed by atoms with Crippen LogP contribution in [0.5, 0.6) is 17.2 Å². The Morgan fingerprint density at radius 2 is 1.58 bits per heavy atom. The number of phenols is 3. The fourth-order valence-corrected chi connectivity index (χ4v) is 0.858.